The van der Waals surface area contributed by atoms with E-state index in [1.807, 2.05) is 12.1 Å². The van der Waals surface area contributed by atoms with Crippen molar-refractivity contribution in [2.24, 2.45) is 5.84 Å². The Balaban J connectivity index is 2.30. The number of methoxy groups -OCH3 is 1. The number of ether oxygens (including phenoxy) is 2. The van der Waals surface area contributed by atoms with Crippen LogP contribution in [0, 0.1) is 6.92 Å². The van der Waals surface area contributed by atoms with Crippen LogP contribution in [0.3, 0.4) is 0 Å². The third kappa shape index (κ3) is 2.91. The molecule has 1 aromatic rings. The smallest absolute Gasteiger partial charge is 0.119 e. The van der Waals surface area contributed by atoms with E-state index in [0.717, 1.165) is 30.8 Å². The predicted octanol–water partition coefficient (Wildman–Crippen LogP) is 2.47. The van der Waals surface area contributed by atoms with Crippen LogP contribution in [0.15, 0.2) is 18.2 Å². The predicted molar refractivity (Wildman–Crippen MR) is 76.0 cm³/mol. The fraction of sp³-hybridized carbons (Fsp3) is 0.600. The van der Waals surface area contributed by atoms with Gasteiger partial charge in [-0.3, -0.25) is 11.3 Å². The maximum Gasteiger partial charge on any atom is 0.119 e. The zero-order valence-corrected chi connectivity index (χ0v) is 12.0. The van der Waals surface area contributed by atoms with E-state index in [1.54, 1.807) is 7.11 Å². The van der Waals surface area contributed by atoms with Gasteiger partial charge in [-0.1, -0.05) is 6.07 Å². The number of rotatable bonds is 4. The average molecular weight is 264 g/mol. The van der Waals surface area contributed by atoms with E-state index >= 15 is 0 Å². The summed E-state index contributed by atoms with van der Waals surface area (Å²) < 4.78 is 11.3. The monoisotopic (exact) mass is 264 g/mol. The summed E-state index contributed by atoms with van der Waals surface area (Å²) in [7, 11) is 1.68. The SMILES string of the molecule is COc1ccc(C(NN)C2(C)CCCCO2)c(C)c1. The molecule has 106 valence electrons. The summed E-state index contributed by atoms with van der Waals surface area (Å²) in [5.41, 5.74) is 5.04. The van der Waals surface area contributed by atoms with Crippen LogP contribution in [0.4, 0.5) is 0 Å². The molecule has 0 aliphatic carbocycles. The van der Waals surface area contributed by atoms with Crippen molar-refractivity contribution >= 4 is 0 Å². The van der Waals surface area contributed by atoms with E-state index in [9.17, 15) is 0 Å². The highest BCUT2D eigenvalue weighted by Gasteiger charge is 2.37. The van der Waals surface area contributed by atoms with Crippen LogP contribution in [0.25, 0.3) is 0 Å². The highest BCUT2D eigenvalue weighted by atomic mass is 16.5. The second-order valence-corrected chi connectivity index (χ2v) is 5.44. The number of hydrogen-bond acceptors (Lipinski definition) is 4. The largest absolute Gasteiger partial charge is 0.497 e. The van der Waals surface area contributed by atoms with E-state index in [4.69, 9.17) is 15.3 Å². The maximum atomic E-state index is 6.01. The Labute approximate surface area is 115 Å². The van der Waals surface area contributed by atoms with Crippen molar-refractivity contribution in [1.82, 2.24) is 5.43 Å². The van der Waals surface area contributed by atoms with Gasteiger partial charge in [-0.25, -0.2) is 0 Å². The molecule has 1 aliphatic heterocycles. The molecule has 2 unspecified atom stereocenters. The minimum absolute atomic E-state index is 0.00120. The van der Waals surface area contributed by atoms with Gasteiger partial charge in [0.15, 0.2) is 0 Å². The number of hydrazine groups is 1. The second-order valence-electron chi connectivity index (χ2n) is 5.44. The van der Waals surface area contributed by atoms with Crippen molar-refractivity contribution in [3.63, 3.8) is 0 Å². The Kier molecular flexibility index (Phi) is 4.45. The van der Waals surface area contributed by atoms with E-state index in [2.05, 4.69) is 25.3 Å². The van der Waals surface area contributed by atoms with Crippen LogP contribution in [-0.2, 0) is 4.74 Å². The summed E-state index contributed by atoms with van der Waals surface area (Å²) in [6.45, 7) is 5.03. The molecule has 0 amide bonds. The molecule has 3 N–H and O–H groups in total. The molecule has 0 saturated carbocycles. The summed E-state index contributed by atoms with van der Waals surface area (Å²) in [5.74, 6) is 6.67. The molecule has 0 bridgehead atoms. The molecule has 1 aromatic carbocycles. The molecule has 1 heterocycles. The minimum Gasteiger partial charge on any atom is -0.497 e. The van der Waals surface area contributed by atoms with Crippen molar-refractivity contribution in [3.05, 3.63) is 29.3 Å². The summed E-state index contributed by atoms with van der Waals surface area (Å²) in [5, 5.41) is 0. The van der Waals surface area contributed by atoms with E-state index in [1.165, 1.54) is 12.0 Å². The Morgan fingerprint density at radius 1 is 1.42 bits per heavy atom. The number of nitrogens with two attached hydrogens (primary N) is 1. The first kappa shape index (κ1) is 14.3. The molecule has 0 spiro atoms. The number of aryl methyl sites for hydroxylation is 1. The van der Waals surface area contributed by atoms with Crippen molar-refractivity contribution in [2.45, 2.75) is 44.8 Å². The lowest BCUT2D eigenvalue weighted by atomic mass is 9.83. The summed E-state index contributed by atoms with van der Waals surface area (Å²) in [6, 6.07) is 6.07. The van der Waals surface area contributed by atoms with Crippen LogP contribution in [0.1, 0.15) is 43.4 Å². The first-order valence-electron chi connectivity index (χ1n) is 6.85. The third-order valence-corrected chi connectivity index (χ3v) is 4.06. The third-order valence-electron chi connectivity index (χ3n) is 4.06. The first-order valence-corrected chi connectivity index (χ1v) is 6.85. The molecule has 2 atom stereocenters. The summed E-state index contributed by atoms with van der Waals surface area (Å²) in [4.78, 5) is 0. The van der Waals surface area contributed by atoms with Crippen LogP contribution >= 0.6 is 0 Å². The molecule has 4 nitrogen and oxygen atoms in total. The topological polar surface area (TPSA) is 56.5 Å². The van der Waals surface area contributed by atoms with Crippen LogP contribution in [0.2, 0.25) is 0 Å². The van der Waals surface area contributed by atoms with Gasteiger partial charge < -0.3 is 9.47 Å². The fourth-order valence-corrected chi connectivity index (χ4v) is 2.88. The Hall–Kier alpha value is -1.10. The summed E-state index contributed by atoms with van der Waals surface area (Å²) in [6.07, 6.45) is 3.34. The molecule has 1 aliphatic rings. The van der Waals surface area contributed by atoms with Crippen LogP contribution in [0.5, 0.6) is 5.75 Å². The lowest BCUT2D eigenvalue weighted by molar-refractivity contribution is -0.0900. The normalized spacial score (nSPS) is 25.1. The van der Waals surface area contributed by atoms with Gasteiger partial charge >= 0.3 is 0 Å². The van der Waals surface area contributed by atoms with Gasteiger partial charge in [0, 0.05) is 6.61 Å². The zero-order chi connectivity index (χ0) is 13.9. The first-order chi connectivity index (χ1) is 9.10. The minimum atomic E-state index is -0.244. The molecular formula is C15H24N2O2. The van der Waals surface area contributed by atoms with Gasteiger partial charge in [0.25, 0.3) is 0 Å². The van der Waals surface area contributed by atoms with Crippen LogP contribution in [-0.4, -0.2) is 19.3 Å². The molecular weight excluding hydrogens is 240 g/mol. The molecule has 2 rings (SSSR count). The molecule has 1 saturated heterocycles. The lowest BCUT2D eigenvalue weighted by Gasteiger charge is -2.41. The number of benzene rings is 1. The van der Waals surface area contributed by atoms with Gasteiger partial charge in [0.05, 0.1) is 18.8 Å². The quantitative estimate of drug-likeness (QED) is 0.648. The molecule has 0 aromatic heterocycles. The Bertz CT molecular complexity index is 428. The number of nitrogens with one attached hydrogen (secondary N) is 1. The number of hydrogen-bond donors (Lipinski definition) is 2. The van der Waals surface area contributed by atoms with Crippen molar-refractivity contribution in [2.75, 3.05) is 13.7 Å². The van der Waals surface area contributed by atoms with Crippen LogP contribution < -0.4 is 16.0 Å². The van der Waals surface area contributed by atoms with Gasteiger partial charge in [-0.2, -0.15) is 0 Å². The van der Waals surface area contributed by atoms with E-state index in [-0.39, 0.29) is 11.6 Å². The van der Waals surface area contributed by atoms with Gasteiger partial charge in [0.2, 0.25) is 0 Å². The van der Waals surface area contributed by atoms with Gasteiger partial charge in [-0.15, -0.1) is 0 Å². The second kappa shape index (κ2) is 5.90. The van der Waals surface area contributed by atoms with Gasteiger partial charge in [-0.05, 0) is 56.4 Å². The van der Waals surface area contributed by atoms with E-state index < -0.39 is 0 Å². The highest BCUT2D eigenvalue weighted by molar-refractivity contribution is 5.37. The molecule has 0 radical (unpaired) electrons. The Morgan fingerprint density at radius 2 is 2.21 bits per heavy atom. The molecule has 19 heavy (non-hydrogen) atoms. The standard InChI is InChI=1S/C15H24N2O2/c1-11-10-12(18-3)6-7-13(11)14(17-16)15(2)8-4-5-9-19-15/h6-7,10,14,17H,4-5,8-9,16H2,1-3H3. The zero-order valence-electron chi connectivity index (χ0n) is 12.0. The summed E-state index contributed by atoms with van der Waals surface area (Å²) >= 11 is 0. The lowest BCUT2D eigenvalue weighted by Crippen LogP contribution is -2.48. The fourth-order valence-electron chi connectivity index (χ4n) is 2.88. The maximum absolute atomic E-state index is 6.01. The van der Waals surface area contributed by atoms with Crippen molar-refractivity contribution in [1.29, 1.82) is 0 Å². The van der Waals surface area contributed by atoms with Crippen molar-refractivity contribution < 1.29 is 9.47 Å². The highest BCUT2D eigenvalue weighted by Crippen LogP contribution is 2.37. The van der Waals surface area contributed by atoms with Gasteiger partial charge in [0.1, 0.15) is 5.75 Å². The average Bonchev–Trinajstić information content (AvgIpc) is 2.42. The Morgan fingerprint density at radius 3 is 2.74 bits per heavy atom. The molecule has 4 heteroatoms. The van der Waals surface area contributed by atoms with E-state index in [0.29, 0.717) is 0 Å². The molecule has 1 fully saturated rings. The van der Waals surface area contributed by atoms with Crippen molar-refractivity contribution in [3.8, 4) is 5.75 Å².